The van der Waals surface area contributed by atoms with Crippen molar-refractivity contribution >= 4 is 11.7 Å². The van der Waals surface area contributed by atoms with E-state index in [1.807, 2.05) is 6.07 Å². The highest BCUT2D eigenvalue weighted by Gasteiger charge is 2.22. The average Bonchev–Trinajstić information content (AvgIpc) is 3.15. The molecule has 1 N–H and O–H groups in total. The summed E-state index contributed by atoms with van der Waals surface area (Å²) in [5.41, 5.74) is 3.51. The number of urea groups is 1. The molecule has 0 saturated carbocycles. The number of benzene rings is 2. The molecule has 0 radical (unpaired) electrons. The van der Waals surface area contributed by atoms with Crippen LogP contribution in [0.4, 0.5) is 10.5 Å². The van der Waals surface area contributed by atoms with Crippen LogP contribution in [-0.2, 0) is 17.9 Å². The Balaban J connectivity index is 1.22. The Morgan fingerprint density at radius 2 is 1.67 bits per heavy atom. The molecule has 4 rings (SSSR count). The number of hydrogen-bond donors (Lipinski definition) is 1. The minimum Gasteiger partial charge on any atom is -0.373 e. The lowest BCUT2D eigenvalue weighted by Crippen LogP contribution is -2.36. The van der Waals surface area contributed by atoms with Crippen molar-refractivity contribution < 1.29 is 9.53 Å². The zero-order valence-corrected chi connectivity index (χ0v) is 15.6. The molecule has 142 valence electrons. The van der Waals surface area contributed by atoms with Crippen LogP contribution in [-0.4, -0.2) is 43.2 Å². The van der Waals surface area contributed by atoms with Gasteiger partial charge in [0.2, 0.25) is 0 Å². The van der Waals surface area contributed by atoms with Gasteiger partial charge < -0.3 is 10.1 Å². The number of carbonyl (C=O) groups is 1. The van der Waals surface area contributed by atoms with E-state index in [0.717, 1.165) is 51.3 Å². The van der Waals surface area contributed by atoms with E-state index in [0.29, 0.717) is 12.7 Å². The van der Waals surface area contributed by atoms with E-state index >= 15 is 0 Å². The van der Waals surface area contributed by atoms with Gasteiger partial charge in [0, 0.05) is 38.4 Å². The molecule has 2 saturated heterocycles. The fourth-order valence-electron chi connectivity index (χ4n) is 3.78. The Labute approximate surface area is 160 Å². The number of nitrogens with one attached hydrogen (secondary N) is 1. The van der Waals surface area contributed by atoms with E-state index in [1.165, 1.54) is 11.1 Å². The molecule has 2 aromatic carbocycles. The first-order valence-corrected chi connectivity index (χ1v) is 9.80. The number of anilines is 1. The number of amides is 2. The quantitative estimate of drug-likeness (QED) is 0.853. The topological polar surface area (TPSA) is 44.8 Å². The van der Waals surface area contributed by atoms with E-state index in [9.17, 15) is 4.79 Å². The summed E-state index contributed by atoms with van der Waals surface area (Å²) >= 11 is 0. The Kier molecular flexibility index (Phi) is 5.70. The molecule has 2 aliphatic rings. The molecule has 2 aliphatic heterocycles. The van der Waals surface area contributed by atoms with Gasteiger partial charge in [0.15, 0.2) is 0 Å². The molecule has 0 unspecified atom stereocenters. The number of likely N-dealkylation sites (tertiary alicyclic amines) is 1. The second-order valence-corrected chi connectivity index (χ2v) is 7.32. The van der Waals surface area contributed by atoms with Gasteiger partial charge in [-0.2, -0.15) is 0 Å². The molecular formula is C22H27N3O2. The van der Waals surface area contributed by atoms with Gasteiger partial charge in [0.1, 0.15) is 0 Å². The molecular weight excluding hydrogens is 338 g/mol. The molecule has 2 fully saturated rings. The van der Waals surface area contributed by atoms with Gasteiger partial charge in [-0.3, -0.25) is 9.80 Å². The predicted molar refractivity (Wildman–Crippen MR) is 107 cm³/mol. The van der Waals surface area contributed by atoms with Crippen LogP contribution in [0.3, 0.4) is 0 Å². The summed E-state index contributed by atoms with van der Waals surface area (Å²) in [5, 5.41) is 2.84. The molecule has 2 amide bonds. The zero-order chi connectivity index (χ0) is 18.5. The Morgan fingerprint density at radius 1 is 0.926 bits per heavy atom. The highest BCUT2D eigenvalue weighted by atomic mass is 16.5. The van der Waals surface area contributed by atoms with Crippen LogP contribution in [0.25, 0.3) is 0 Å². The summed E-state index contributed by atoms with van der Waals surface area (Å²) in [4.78, 5) is 16.0. The molecule has 0 atom stereocenters. The zero-order valence-electron chi connectivity index (χ0n) is 15.6. The normalized spacial score (nSPS) is 18.7. The molecule has 0 bridgehead atoms. The van der Waals surface area contributed by atoms with Gasteiger partial charge in [0.25, 0.3) is 0 Å². The standard InChI is InChI=1S/C22H27N3O2/c26-22-23-12-15-25(22)20-8-6-18(7-9-20)16-24-13-10-21(11-14-24)27-17-19-4-2-1-3-5-19/h1-9,21H,10-17H2,(H,23,26). The van der Waals surface area contributed by atoms with Crippen LogP contribution in [0.1, 0.15) is 24.0 Å². The summed E-state index contributed by atoms with van der Waals surface area (Å²) in [7, 11) is 0. The van der Waals surface area contributed by atoms with Gasteiger partial charge in [-0.05, 0) is 36.1 Å². The van der Waals surface area contributed by atoms with Crippen LogP contribution in [0.2, 0.25) is 0 Å². The van der Waals surface area contributed by atoms with Crippen LogP contribution in [0, 0.1) is 0 Å². The van der Waals surface area contributed by atoms with Crippen LogP contribution in [0.5, 0.6) is 0 Å². The second kappa shape index (κ2) is 8.55. The summed E-state index contributed by atoms with van der Waals surface area (Å²) in [5.74, 6) is 0. The van der Waals surface area contributed by atoms with E-state index in [4.69, 9.17) is 4.74 Å². The molecule has 0 aromatic heterocycles. The summed E-state index contributed by atoms with van der Waals surface area (Å²) in [6.07, 6.45) is 2.52. The SMILES string of the molecule is O=C1NCCN1c1ccc(CN2CCC(OCc3ccccc3)CC2)cc1. The van der Waals surface area contributed by atoms with Gasteiger partial charge in [0.05, 0.1) is 12.7 Å². The second-order valence-electron chi connectivity index (χ2n) is 7.32. The van der Waals surface area contributed by atoms with Crippen LogP contribution >= 0.6 is 0 Å². The first-order valence-electron chi connectivity index (χ1n) is 9.80. The van der Waals surface area contributed by atoms with Gasteiger partial charge in [-0.1, -0.05) is 42.5 Å². The first-order chi connectivity index (χ1) is 13.3. The van der Waals surface area contributed by atoms with Gasteiger partial charge in [-0.15, -0.1) is 0 Å². The number of nitrogens with zero attached hydrogens (tertiary/aromatic N) is 2. The minimum atomic E-state index is 0.000301. The highest BCUT2D eigenvalue weighted by molar-refractivity contribution is 5.93. The number of carbonyl (C=O) groups excluding carboxylic acids is 1. The fraction of sp³-hybridized carbons (Fsp3) is 0.409. The third kappa shape index (κ3) is 4.67. The Bertz CT molecular complexity index is 740. The van der Waals surface area contributed by atoms with Gasteiger partial charge >= 0.3 is 6.03 Å². The number of ether oxygens (including phenoxy) is 1. The van der Waals surface area contributed by atoms with E-state index in [-0.39, 0.29) is 6.03 Å². The maximum atomic E-state index is 11.7. The number of hydrogen-bond acceptors (Lipinski definition) is 3. The monoisotopic (exact) mass is 365 g/mol. The maximum absolute atomic E-state index is 11.7. The third-order valence-corrected chi connectivity index (χ3v) is 5.37. The van der Waals surface area contributed by atoms with E-state index < -0.39 is 0 Å². The molecule has 5 heteroatoms. The van der Waals surface area contributed by atoms with Crippen molar-refractivity contribution in [3.63, 3.8) is 0 Å². The van der Waals surface area contributed by atoms with Crippen molar-refractivity contribution in [2.45, 2.75) is 32.1 Å². The van der Waals surface area contributed by atoms with E-state index in [1.54, 1.807) is 4.90 Å². The van der Waals surface area contributed by atoms with E-state index in [2.05, 4.69) is 58.7 Å². The third-order valence-electron chi connectivity index (χ3n) is 5.37. The number of piperidine rings is 1. The Morgan fingerprint density at radius 3 is 2.33 bits per heavy atom. The lowest BCUT2D eigenvalue weighted by atomic mass is 10.1. The number of rotatable bonds is 6. The average molecular weight is 365 g/mol. The summed E-state index contributed by atoms with van der Waals surface area (Å²) in [6.45, 7) is 5.26. The van der Waals surface area contributed by atoms with Gasteiger partial charge in [-0.25, -0.2) is 4.79 Å². The van der Waals surface area contributed by atoms with Crippen molar-refractivity contribution in [3.8, 4) is 0 Å². The molecule has 27 heavy (non-hydrogen) atoms. The van der Waals surface area contributed by atoms with Crippen molar-refractivity contribution in [1.29, 1.82) is 0 Å². The highest BCUT2D eigenvalue weighted by Crippen LogP contribution is 2.21. The van der Waals surface area contributed by atoms with Crippen LogP contribution < -0.4 is 10.2 Å². The van der Waals surface area contributed by atoms with Crippen LogP contribution in [0.15, 0.2) is 54.6 Å². The smallest absolute Gasteiger partial charge is 0.321 e. The molecule has 5 nitrogen and oxygen atoms in total. The molecule has 0 spiro atoms. The summed E-state index contributed by atoms with van der Waals surface area (Å²) < 4.78 is 6.08. The first kappa shape index (κ1) is 18.0. The van der Waals surface area contributed by atoms with Crippen molar-refractivity contribution in [2.75, 3.05) is 31.1 Å². The lowest BCUT2D eigenvalue weighted by molar-refractivity contribution is -0.00394. The molecule has 0 aliphatic carbocycles. The predicted octanol–water partition coefficient (Wildman–Crippen LogP) is 3.40. The maximum Gasteiger partial charge on any atom is 0.321 e. The lowest BCUT2D eigenvalue weighted by Gasteiger charge is -2.32. The largest absolute Gasteiger partial charge is 0.373 e. The van der Waals surface area contributed by atoms with Crippen molar-refractivity contribution in [2.24, 2.45) is 0 Å². The van der Waals surface area contributed by atoms with Crippen molar-refractivity contribution in [3.05, 3.63) is 65.7 Å². The molecule has 2 heterocycles. The fourth-order valence-corrected chi connectivity index (χ4v) is 3.78. The van der Waals surface area contributed by atoms with Crippen molar-refractivity contribution in [1.82, 2.24) is 10.2 Å². The minimum absolute atomic E-state index is 0.000301. The molecule has 2 aromatic rings. The summed E-state index contributed by atoms with van der Waals surface area (Å²) in [6, 6.07) is 18.8. The Hall–Kier alpha value is -2.37.